The maximum absolute atomic E-state index is 14.2. The van der Waals surface area contributed by atoms with Gasteiger partial charge in [-0.3, -0.25) is 14.9 Å². The number of ether oxygens (including phenoxy) is 1. The maximum atomic E-state index is 14.2. The summed E-state index contributed by atoms with van der Waals surface area (Å²) in [6.07, 6.45) is 1.60. The first-order valence-corrected chi connectivity index (χ1v) is 6.63. The third-order valence-corrected chi connectivity index (χ3v) is 3.79. The Morgan fingerprint density at radius 1 is 1.36 bits per heavy atom. The van der Waals surface area contributed by atoms with Crippen LogP contribution < -0.4 is 10.2 Å². The van der Waals surface area contributed by atoms with Crippen molar-refractivity contribution in [3.05, 3.63) is 43.7 Å². The zero-order valence-corrected chi connectivity index (χ0v) is 11.9. The number of hydrogen-bond acceptors (Lipinski definition) is 4. The Balaban J connectivity index is 2.64. The Hall–Kier alpha value is -2.51. The molecule has 0 atom stereocenters. The van der Waals surface area contributed by atoms with Gasteiger partial charge in [-0.1, -0.05) is 0 Å². The number of nitro groups is 1. The van der Waals surface area contributed by atoms with Crippen molar-refractivity contribution >= 4 is 16.6 Å². The third kappa shape index (κ3) is 1.87. The molecule has 1 heterocycles. The van der Waals surface area contributed by atoms with Gasteiger partial charge < -0.3 is 9.30 Å². The number of rotatable bonds is 3. The van der Waals surface area contributed by atoms with E-state index in [2.05, 4.69) is 0 Å². The molecule has 0 spiro atoms. The van der Waals surface area contributed by atoms with Crippen molar-refractivity contribution in [2.45, 2.75) is 25.8 Å². The lowest BCUT2D eigenvalue weighted by molar-refractivity contribution is -0.386. The lowest BCUT2D eigenvalue weighted by atomic mass is 10.1. The molecule has 1 fully saturated rings. The normalized spacial score (nSPS) is 14.4. The average molecular weight is 310 g/mol. The lowest BCUT2D eigenvalue weighted by Gasteiger charge is -2.17. The molecule has 0 N–H and O–H groups in total. The molecule has 1 aromatic heterocycles. The first-order chi connectivity index (χ1) is 10.4. The van der Waals surface area contributed by atoms with Crippen molar-refractivity contribution < 1.29 is 18.4 Å². The van der Waals surface area contributed by atoms with E-state index in [1.165, 1.54) is 6.07 Å². The second kappa shape index (κ2) is 4.75. The fraction of sp³-hybridized carbons (Fsp3) is 0.357. The SMILES string of the molecule is COc1c(F)c(F)c([N+](=O)[O-])c2c(=O)cc(C)n(C3CC3)c12. The molecule has 2 aromatic rings. The number of benzene rings is 1. The second-order valence-corrected chi connectivity index (χ2v) is 5.24. The predicted octanol–water partition coefficient (Wildman–Crippen LogP) is 2.84. The monoisotopic (exact) mass is 310 g/mol. The Labute approximate surface area is 123 Å². The molecule has 8 heteroatoms. The highest BCUT2D eigenvalue weighted by Gasteiger charge is 2.35. The van der Waals surface area contributed by atoms with E-state index < -0.39 is 38.8 Å². The van der Waals surface area contributed by atoms with Gasteiger partial charge in [0, 0.05) is 17.8 Å². The minimum absolute atomic E-state index is 0.00136. The molecule has 22 heavy (non-hydrogen) atoms. The number of nitrogens with zero attached hydrogens (tertiary/aromatic N) is 2. The van der Waals surface area contributed by atoms with Gasteiger partial charge >= 0.3 is 5.69 Å². The Bertz CT molecular complexity index is 872. The van der Waals surface area contributed by atoms with Gasteiger partial charge in [0.15, 0.2) is 11.2 Å². The molecule has 116 valence electrons. The topological polar surface area (TPSA) is 74.4 Å². The van der Waals surface area contributed by atoms with Crippen LogP contribution in [0.1, 0.15) is 24.6 Å². The van der Waals surface area contributed by atoms with Crippen LogP contribution in [0.25, 0.3) is 10.9 Å². The number of methoxy groups -OCH3 is 1. The van der Waals surface area contributed by atoms with Crippen LogP contribution >= 0.6 is 0 Å². The van der Waals surface area contributed by atoms with Gasteiger partial charge in [0.1, 0.15) is 10.9 Å². The summed E-state index contributed by atoms with van der Waals surface area (Å²) in [4.78, 5) is 22.2. The summed E-state index contributed by atoms with van der Waals surface area (Å²) < 4.78 is 34.7. The number of fused-ring (bicyclic) bond motifs is 1. The zero-order chi connectivity index (χ0) is 16.2. The largest absolute Gasteiger partial charge is 0.491 e. The number of pyridine rings is 1. The van der Waals surface area contributed by atoms with E-state index >= 15 is 0 Å². The summed E-state index contributed by atoms with van der Waals surface area (Å²) in [5.41, 5.74) is -1.40. The highest BCUT2D eigenvalue weighted by Crippen LogP contribution is 2.43. The number of halogens is 2. The molecular weight excluding hydrogens is 298 g/mol. The quantitative estimate of drug-likeness (QED) is 0.645. The van der Waals surface area contributed by atoms with E-state index in [9.17, 15) is 23.7 Å². The molecule has 1 aliphatic carbocycles. The van der Waals surface area contributed by atoms with Crippen LogP contribution in [0, 0.1) is 28.7 Å². The summed E-state index contributed by atoms with van der Waals surface area (Å²) in [7, 11) is 1.13. The van der Waals surface area contributed by atoms with Gasteiger partial charge in [-0.15, -0.1) is 0 Å². The van der Waals surface area contributed by atoms with Gasteiger partial charge in [0.2, 0.25) is 11.6 Å². The van der Waals surface area contributed by atoms with Crippen molar-refractivity contribution in [1.29, 1.82) is 0 Å². The van der Waals surface area contributed by atoms with Crippen LogP contribution in [0.2, 0.25) is 0 Å². The summed E-state index contributed by atoms with van der Waals surface area (Å²) in [5, 5.41) is 10.7. The van der Waals surface area contributed by atoms with E-state index in [0.29, 0.717) is 5.69 Å². The van der Waals surface area contributed by atoms with Crippen LogP contribution in [0.5, 0.6) is 5.75 Å². The Kier molecular flexibility index (Phi) is 3.12. The molecule has 1 aliphatic rings. The van der Waals surface area contributed by atoms with Crippen molar-refractivity contribution in [2.24, 2.45) is 0 Å². The summed E-state index contributed by atoms with van der Waals surface area (Å²) in [6, 6.07) is 1.20. The van der Waals surface area contributed by atoms with Gasteiger partial charge in [-0.25, -0.2) is 0 Å². The molecule has 0 aliphatic heterocycles. The zero-order valence-electron chi connectivity index (χ0n) is 11.9. The highest BCUT2D eigenvalue weighted by atomic mass is 19.2. The molecule has 1 saturated carbocycles. The average Bonchev–Trinajstić information content (AvgIpc) is 3.25. The van der Waals surface area contributed by atoms with Crippen LogP contribution in [0.4, 0.5) is 14.5 Å². The summed E-state index contributed by atoms with van der Waals surface area (Å²) in [6.45, 7) is 1.64. The first kappa shape index (κ1) is 14.4. The number of aryl methyl sites for hydroxylation is 1. The smallest absolute Gasteiger partial charge is 0.321 e. The Morgan fingerprint density at radius 2 is 2.00 bits per heavy atom. The first-order valence-electron chi connectivity index (χ1n) is 6.63. The van der Waals surface area contributed by atoms with Crippen molar-refractivity contribution in [3.63, 3.8) is 0 Å². The number of aromatic nitrogens is 1. The molecule has 0 radical (unpaired) electrons. The van der Waals surface area contributed by atoms with Crippen molar-refractivity contribution in [3.8, 4) is 5.75 Å². The Morgan fingerprint density at radius 3 is 2.50 bits per heavy atom. The minimum Gasteiger partial charge on any atom is -0.491 e. The van der Waals surface area contributed by atoms with Gasteiger partial charge in [-0.2, -0.15) is 8.78 Å². The van der Waals surface area contributed by atoms with E-state index in [0.717, 1.165) is 20.0 Å². The molecule has 0 amide bonds. The lowest BCUT2D eigenvalue weighted by Crippen LogP contribution is -2.16. The molecular formula is C14H12F2N2O4. The van der Waals surface area contributed by atoms with Crippen molar-refractivity contribution in [1.82, 2.24) is 4.57 Å². The fourth-order valence-corrected chi connectivity index (χ4v) is 2.78. The van der Waals surface area contributed by atoms with Gasteiger partial charge in [-0.05, 0) is 19.8 Å². The molecule has 0 bridgehead atoms. The summed E-state index contributed by atoms with van der Waals surface area (Å²) >= 11 is 0. The van der Waals surface area contributed by atoms with Crippen LogP contribution in [0.3, 0.4) is 0 Å². The van der Waals surface area contributed by atoms with E-state index in [1.54, 1.807) is 11.5 Å². The van der Waals surface area contributed by atoms with Crippen LogP contribution in [-0.4, -0.2) is 16.6 Å². The van der Waals surface area contributed by atoms with E-state index in [1.807, 2.05) is 0 Å². The van der Waals surface area contributed by atoms with Crippen molar-refractivity contribution in [2.75, 3.05) is 7.11 Å². The van der Waals surface area contributed by atoms with E-state index in [4.69, 9.17) is 4.74 Å². The molecule has 0 saturated heterocycles. The highest BCUT2D eigenvalue weighted by molar-refractivity contribution is 5.93. The predicted molar refractivity (Wildman–Crippen MR) is 74.3 cm³/mol. The van der Waals surface area contributed by atoms with Crippen LogP contribution in [0.15, 0.2) is 10.9 Å². The summed E-state index contributed by atoms with van der Waals surface area (Å²) in [5.74, 6) is -3.62. The van der Waals surface area contributed by atoms with Gasteiger partial charge in [0.25, 0.3) is 0 Å². The maximum Gasteiger partial charge on any atom is 0.321 e. The molecule has 6 nitrogen and oxygen atoms in total. The number of nitro benzene ring substituents is 1. The molecule has 0 unspecified atom stereocenters. The molecule has 1 aromatic carbocycles. The minimum atomic E-state index is -1.68. The van der Waals surface area contributed by atoms with Crippen LogP contribution in [-0.2, 0) is 0 Å². The van der Waals surface area contributed by atoms with Gasteiger partial charge in [0.05, 0.1) is 12.0 Å². The number of hydrogen-bond donors (Lipinski definition) is 0. The second-order valence-electron chi connectivity index (χ2n) is 5.24. The van der Waals surface area contributed by atoms with E-state index in [-0.39, 0.29) is 11.6 Å². The third-order valence-electron chi connectivity index (χ3n) is 3.79. The fourth-order valence-electron chi connectivity index (χ4n) is 2.78. The standard InChI is InChI=1S/C14H12F2N2O4/c1-6-5-8(19)9-12(18(20)21)10(15)11(16)14(22-2)13(9)17(6)7-3-4-7/h5,7H,3-4H2,1-2H3. The molecule has 3 rings (SSSR count).